The van der Waals surface area contributed by atoms with Gasteiger partial charge in [-0.05, 0) is 57.7 Å². The predicted molar refractivity (Wildman–Crippen MR) is 90.3 cm³/mol. The lowest BCUT2D eigenvalue weighted by Crippen LogP contribution is -2.50. The van der Waals surface area contributed by atoms with Crippen molar-refractivity contribution >= 4 is 6.09 Å². The third kappa shape index (κ3) is 4.74. The van der Waals surface area contributed by atoms with Crippen LogP contribution >= 0.6 is 0 Å². The molecule has 0 unspecified atom stereocenters. The first-order chi connectivity index (χ1) is 11.6. The fourth-order valence-corrected chi connectivity index (χ4v) is 3.25. The highest BCUT2D eigenvalue weighted by molar-refractivity contribution is 5.68. The molecule has 1 fully saturated rings. The second-order valence-electron chi connectivity index (χ2n) is 7.57. The second-order valence-corrected chi connectivity index (χ2v) is 7.57. The van der Waals surface area contributed by atoms with Gasteiger partial charge in [-0.2, -0.15) is 4.91 Å². The SMILES string of the molecule is C[C@H]1C[C@H](c2ccc(F)c(F)c2)[C@@H](CN=O)CN1C(=O)OC(C)(C)C. The van der Waals surface area contributed by atoms with Gasteiger partial charge in [0.25, 0.3) is 0 Å². The van der Waals surface area contributed by atoms with Gasteiger partial charge in [-0.25, -0.2) is 13.6 Å². The van der Waals surface area contributed by atoms with Crippen molar-refractivity contribution in [1.29, 1.82) is 0 Å². The van der Waals surface area contributed by atoms with Crippen LogP contribution in [0.5, 0.6) is 0 Å². The number of amides is 1. The number of nitrogens with zero attached hydrogens (tertiary/aromatic N) is 2. The molecule has 0 spiro atoms. The summed E-state index contributed by atoms with van der Waals surface area (Å²) in [7, 11) is 0. The molecule has 0 aliphatic carbocycles. The minimum Gasteiger partial charge on any atom is -0.444 e. The molecule has 25 heavy (non-hydrogen) atoms. The van der Waals surface area contributed by atoms with Crippen LogP contribution in [0.2, 0.25) is 0 Å². The maximum atomic E-state index is 13.6. The zero-order chi connectivity index (χ0) is 18.8. The van der Waals surface area contributed by atoms with Gasteiger partial charge in [0.05, 0.1) is 6.54 Å². The minimum atomic E-state index is -0.919. The van der Waals surface area contributed by atoms with Crippen molar-refractivity contribution < 1.29 is 18.3 Å². The van der Waals surface area contributed by atoms with E-state index in [1.165, 1.54) is 6.07 Å². The number of ether oxygens (including phenoxy) is 1. The minimum absolute atomic E-state index is 0.00429. The van der Waals surface area contributed by atoms with Gasteiger partial charge >= 0.3 is 6.09 Å². The van der Waals surface area contributed by atoms with Crippen molar-refractivity contribution in [3.63, 3.8) is 0 Å². The van der Waals surface area contributed by atoms with Crippen LogP contribution in [0.3, 0.4) is 0 Å². The summed E-state index contributed by atoms with van der Waals surface area (Å²) < 4.78 is 32.2. The summed E-state index contributed by atoms with van der Waals surface area (Å²) in [6, 6.07) is 3.61. The van der Waals surface area contributed by atoms with Gasteiger partial charge in [-0.1, -0.05) is 11.2 Å². The largest absolute Gasteiger partial charge is 0.444 e. The monoisotopic (exact) mass is 354 g/mol. The molecule has 0 aromatic heterocycles. The number of nitroso groups, excluding NO2 is 1. The molecule has 0 bridgehead atoms. The lowest BCUT2D eigenvalue weighted by Gasteiger charge is -2.42. The molecular weight excluding hydrogens is 330 g/mol. The number of carbonyl (C=O) groups is 1. The molecule has 1 heterocycles. The fourth-order valence-electron chi connectivity index (χ4n) is 3.25. The maximum Gasteiger partial charge on any atom is 0.410 e. The zero-order valence-corrected chi connectivity index (χ0v) is 15.0. The van der Waals surface area contributed by atoms with E-state index >= 15 is 0 Å². The number of carbonyl (C=O) groups excluding carboxylic acids is 1. The maximum absolute atomic E-state index is 13.6. The quantitative estimate of drug-likeness (QED) is 0.753. The molecule has 1 aromatic rings. The lowest BCUT2D eigenvalue weighted by atomic mass is 9.78. The van der Waals surface area contributed by atoms with Crippen molar-refractivity contribution in [1.82, 2.24) is 4.90 Å². The highest BCUT2D eigenvalue weighted by Gasteiger charge is 2.38. The van der Waals surface area contributed by atoms with Gasteiger partial charge in [0.1, 0.15) is 5.60 Å². The number of benzene rings is 1. The molecule has 0 N–H and O–H groups in total. The molecule has 3 atom stereocenters. The van der Waals surface area contributed by atoms with Crippen LogP contribution in [0.15, 0.2) is 23.4 Å². The second kappa shape index (κ2) is 7.45. The van der Waals surface area contributed by atoms with Crippen molar-refractivity contribution in [3.05, 3.63) is 40.3 Å². The molecule has 5 nitrogen and oxygen atoms in total. The van der Waals surface area contributed by atoms with E-state index in [0.29, 0.717) is 12.0 Å². The van der Waals surface area contributed by atoms with E-state index in [-0.39, 0.29) is 31.0 Å². The van der Waals surface area contributed by atoms with Crippen LogP contribution in [0, 0.1) is 22.5 Å². The van der Waals surface area contributed by atoms with Crippen LogP contribution in [0.4, 0.5) is 13.6 Å². The Morgan fingerprint density at radius 1 is 1.32 bits per heavy atom. The van der Waals surface area contributed by atoms with Crippen LogP contribution in [-0.2, 0) is 4.74 Å². The van der Waals surface area contributed by atoms with Gasteiger partial charge in [0.2, 0.25) is 0 Å². The van der Waals surface area contributed by atoms with E-state index < -0.39 is 23.3 Å². The number of likely N-dealkylation sites (tertiary alicyclic amines) is 1. The average Bonchev–Trinajstić information content (AvgIpc) is 2.50. The first kappa shape index (κ1) is 19.3. The van der Waals surface area contributed by atoms with Gasteiger partial charge < -0.3 is 9.64 Å². The van der Waals surface area contributed by atoms with Gasteiger partial charge in [0.15, 0.2) is 11.6 Å². The summed E-state index contributed by atoms with van der Waals surface area (Å²) in [5, 5.41) is 2.97. The third-order valence-corrected chi connectivity index (χ3v) is 4.44. The third-order valence-electron chi connectivity index (χ3n) is 4.44. The number of halogens is 2. The molecule has 2 rings (SSSR count). The Morgan fingerprint density at radius 3 is 2.56 bits per heavy atom. The highest BCUT2D eigenvalue weighted by Crippen LogP contribution is 2.37. The van der Waals surface area contributed by atoms with E-state index in [0.717, 1.165) is 12.1 Å². The molecule has 1 aromatic carbocycles. The first-order valence-corrected chi connectivity index (χ1v) is 8.36. The molecule has 138 valence electrons. The highest BCUT2D eigenvalue weighted by atomic mass is 19.2. The Hall–Kier alpha value is -2.05. The summed E-state index contributed by atoms with van der Waals surface area (Å²) in [5.41, 5.74) is -0.00480. The Bertz CT molecular complexity index is 646. The van der Waals surface area contributed by atoms with Gasteiger partial charge in [0, 0.05) is 18.5 Å². The molecule has 0 saturated carbocycles. The van der Waals surface area contributed by atoms with E-state index in [4.69, 9.17) is 4.74 Å². The number of rotatable bonds is 3. The number of hydrogen-bond donors (Lipinski definition) is 0. The topological polar surface area (TPSA) is 59.0 Å². The van der Waals surface area contributed by atoms with Crippen LogP contribution in [-0.4, -0.2) is 35.7 Å². The number of piperidine rings is 1. The summed E-state index contributed by atoms with van der Waals surface area (Å²) >= 11 is 0. The fraction of sp³-hybridized carbons (Fsp3) is 0.611. The zero-order valence-electron chi connectivity index (χ0n) is 15.0. The van der Waals surface area contributed by atoms with Gasteiger partial charge in [-0.3, -0.25) is 0 Å². The number of hydrogen-bond acceptors (Lipinski definition) is 4. The molecule has 0 radical (unpaired) electrons. The predicted octanol–water partition coefficient (Wildman–Crippen LogP) is 4.46. The van der Waals surface area contributed by atoms with Crippen LogP contribution < -0.4 is 0 Å². The molecule has 7 heteroatoms. The van der Waals surface area contributed by atoms with Crippen LogP contribution in [0.1, 0.15) is 45.6 Å². The summed E-state index contributed by atoms with van der Waals surface area (Å²) in [6.07, 6.45) is 0.0736. The van der Waals surface area contributed by atoms with Crippen molar-refractivity contribution in [2.75, 3.05) is 13.1 Å². The first-order valence-electron chi connectivity index (χ1n) is 8.36. The molecule has 1 aliphatic rings. The molecule has 1 amide bonds. The van der Waals surface area contributed by atoms with Crippen molar-refractivity contribution in [3.8, 4) is 0 Å². The van der Waals surface area contributed by atoms with E-state index in [9.17, 15) is 18.5 Å². The lowest BCUT2D eigenvalue weighted by molar-refractivity contribution is 0.00297. The van der Waals surface area contributed by atoms with Gasteiger partial charge in [-0.15, -0.1) is 0 Å². The Morgan fingerprint density at radius 2 is 2.00 bits per heavy atom. The smallest absolute Gasteiger partial charge is 0.410 e. The summed E-state index contributed by atoms with van der Waals surface area (Å²) in [6.45, 7) is 7.51. The standard InChI is InChI=1S/C18H24F2N2O3/c1-11-7-14(12-5-6-15(19)16(20)8-12)13(9-21-24)10-22(11)17(23)25-18(2,3)4/h5-6,8,11,13-14H,7,9-10H2,1-4H3/t11-,13-,14+/m0/s1. The van der Waals surface area contributed by atoms with Crippen molar-refractivity contribution in [2.24, 2.45) is 11.1 Å². The van der Waals surface area contributed by atoms with Crippen molar-refractivity contribution in [2.45, 2.75) is 51.7 Å². The average molecular weight is 354 g/mol. The van der Waals surface area contributed by atoms with E-state index in [1.807, 2.05) is 6.92 Å². The Kier molecular flexibility index (Phi) is 5.75. The molecule has 1 aliphatic heterocycles. The molecular formula is C18H24F2N2O3. The Balaban J connectivity index is 2.23. The Labute approximate surface area is 146 Å². The van der Waals surface area contributed by atoms with Crippen LogP contribution in [0.25, 0.3) is 0 Å². The molecule has 1 saturated heterocycles. The van der Waals surface area contributed by atoms with E-state index in [1.54, 1.807) is 25.7 Å². The summed E-state index contributed by atoms with van der Waals surface area (Å²) in [4.78, 5) is 24.8. The summed E-state index contributed by atoms with van der Waals surface area (Å²) in [5.74, 6) is -2.28. The normalized spacial score (nSPS) is 24.1. The van der Waals surface area contributed by atoms with E-state index in [2.05, 4.69) is 5.18 Å².